The number of rotatable bonds is 2. The molecular formula is C15H16OS. The second kappa shape index (κ2) is 7.69. The summed E-state index contributed by atoms with van der Waals surface area (Å²) in [4.78, 5) is 10.9. The summed E-state index contributed by atoms with van der Waals surface area (Å²) in [5.74, 6) is 0.355. The Morgan fingerprint density at radius 3 is 1.76 bits per heavy atom. The Balaban J connectivity index is 0.000000181. The van der Waals surface area contributed by atoms with Gasteiger partial charge in [-0.3, -0.25) is 4.79 Å². The fraction of sp³-hybridized carbons (Fsp3) is 0.133. The number of carbonyl (C=O) groups excluding carboxylic acids is 1. The van der Waals surface area contributed by atoms with Gasteiger partial charge < -0.3 is 0 Å². The third-order valence-electron chi connectivity index (χ3n) is 2.18. The molecule has 0 amide bonds. The number of carbonyl (C=O) groups is 1. The predicted octanol–water partition coefficient (Wildman–Crippen LogP) is 3.79. The van der Waals surface area contributed by atoms with Crippen LogP contribution in [-0.2, 0) is 0 Å². The largest absolute Gasteiger partial charge is 0.293 e. The molecule has 0 spiro atoms. The highest BCUT2D eigenvalue weighted by Gasteiger charge is 1.99. The van der Waals surface area contributed by atoms with Crippen molar-refractivity contribution in [1.82, 2.24) is 0 Å². The van der Waals surface area contributed by atoms with E-state index in [-0.39, 0.29) is 11.5 Å². The van der Waals surface area contributed by atoms with Gasteiger partial charge in [0.05, 0.1) is 5.75 Å². The SMILES string of the molecule is Cc1ccccc1.O=C(CS)c1ccccc1. The van der Waals surface area contributed by atoms with Gasteiger partial charge in [0, 0.05) is 5.56 Å². The fourth-order valence-corrected chi connectivity index (χ4v) is 1.43. The lowest BCUT2D eigenvalue weighted by Crippen LogP contribution is -1.98. The molecule has 0 aliphatic carbocycles. The van der Waals surface area contributed by atoms with Crippen LogP contribution in [0, 0.1) is 6.92 Å². The van der Waals surface area contributed by atoms with Gasteiger partial charge >= 0.3 is 0 Å². The molecule has 0 atom stereocenters. The van der Waals surface area contributed by atoms with Crippen LogP contribution < -0.4 is 0 Å². The highest BCUT2D eigenvalue weighted by atomic mass is 32.1. The molecule has 2 rings (SSSR count). The average molecular weight is 244 g/mol. The van der Waals surface area contributed by atoms with Gasteiger partial charge in [0.2, 0.25) is 0 Å². The van der Waals surface area contributed by atoms with Crippen LogP contribution in [0.3, 0.4) is 0 Å². The van der Waals surface area contributed by atoms with Gasteiger partial charge in [0.1, 0.15) is 0 Å². The second-order valence-electron chi connectivity index (χ2n) is 3.60. The molecule has 0 aliphatic heterocycles. The number of hydrogen-bond acceptors (Lipinski definition) is 2. The molecule has 0 saturated heterocycles. The minimum absolute atomic E-state index is 0.0731. The topological polar surface area (TPSA) is 17.1 Å². The number of thiol groups is 1. The highest BCUT2D eigenvalue weighted by molar-refractivity contribution is 7.81. The van der Waals surface area contributed by atoms with Crippen LogP contribution in [0.2, 0.25) is 0 Å². The van der Waals surface area contributed by atoms with Crippen LogP contribution in [0.15, 0.2) is 60.7 Å². The van der Waals surface area contributed by atoms with Crippen LogP contribution >= 0.6 is 12.6 Å². The summed E-state index contributed by atoms with van der Waals surface area (Å²) < 4.78 is 0. The molecule has 0 N–H and O–H groups in total. The van der Waals surface area contributed by atoms with Crippen molar-refractivity contribution in [3.05, 3.63) is 71.8 Å². The van der Waals surface area contributed by atoms with Crippen LogP contribution in [0.4, 0.5) is 0 Å². The van der Waals surface area contributed by atoms with Gasteiger partial charge in [-0.2, -0.15) is 12.6 Å². The summed E-state index contributed by atoms with van der Waals surface area (Å²) in [5.41, 5.74) is 2.06. The van der Waals surface area contributed by atoms with Gasteiger partial charge in [0.25, 0.3) is 0 Å². The van der Waals surface area contributed by atoms with E-state index in [1.54, 1.807) is 12.1 Å². The van der Waals surface area contributed by atoms with Gasteiger partial charge in [-0.25, -0.2) is 0 Å². The minimum atomic E-state index is 0.0731. The zero-order valence-electron chi connectivity index (χ0n) is 9.84. The summed E-state index contributed by atoms with van der Waals surface area (Å²) in [6, 6.07) is 19.4. The minimum Gasteiger partial charge on any atom is -0.293 e. The average Bonchev–Trinajstić information content (AvgIpc) is 2.40. The summed E-state index contributed by atoms with van der Waals surface area (Å²) >= 11 is 3.88. The summed E-state index contributed by atoms with van der Waals surface area (Å²) in [7, 11) is 0. The molecule has 1 nitrogen and oxygen atoms in total. The molecule has 0 bridgehead atoms. The smallest absolute Gasteiger partial charge is 0.172 e. The third kappa shape index (κ3) is 5.36. The molecular weight excluding hydrogens is 228 g/mol. The Morgan fingerprint density at radius 1 is 0.941 bits per heavy atom. The van der Waals surface area contributed by atoms with Gasteiger partial charge in [0.15, 0.2) is 5.78 Å². The van der Waals surface area contributed by atoms with E-state index in [2.05, 4.69) is 31.7 Å². The zero-order valence-corrected chi connectivity index (χ0v) is 10.7. The Labute approximate surface area is 108 Å². The molecule has 0 fully saturated rings. The lowest BCUT2D eigenvalue weighted by atomic mass is 10.2. The van der Waals surface area contributed by atoms with Crippen molar-refractivity contribution in [1.29, 1.82) is 0 Å². The Kier molecular flexibility index (Phi) is 6.12. The number of ketones is 1. The van der Waals surface area contributed by atoms with E-state index in [9.17, 15) is 4.79 Å². The highest BCUT2D eigenvalue weighted by Crippen LogP contribution is 1.99. The van der Waals surface area contributed by atoms with Crippen molar-refractivity contribution in [3.8, 4) is 0 Å². The van der Waals surface area contributed by atoms with Crippen molar-refractivity contribution < 1.29 is 4.79 Å². The van der Waals surface area contributed by atoms with Gasteiger partial charge in [-0.1, -0.05) is 66.2 Å². The molecule has 0 heterocycles. The maximum Gasteiger partial charge on any atom is 0.172 e. The molecule has 2 aromatic rings. The number of aryl methyl sites for hydroxylation is 1. The molecule has 0 radical (unpaired) electrons. The van der Waals surface area contributed by atoms with E-state index in [1.165, 1.54) is 5.56 Å². The van der Waals surface area contributed by atoms with Crippen LogP contribution in [-0.4, -0.2) is 11.5 Å². The third-order valence-corrected chi connectivity index (χ3v) is 2.47. The molecule has 0 unspecified atom stereocenters. The van der Waals surface area contributed by atoms with E-state index >= 15 is 0 Å². The van der Waals surface area contributed by atoms with Crippen molar-refractivity contribution >= 4 is 18.4 Å². The molecule has 2 aromatic carbocycles. The summed E-state index contributed by atoms with van der Waals surface area (Å²) in [6.07, 6.45) is 0. The van der Waals surface area contributed by atoms with Crippen LogP contribution in [0.1, 0.15) is 15.9 Å². The normalized spacial score (nSPS) is 9.06. The van der Waals surface area contributed by atoms with Gasteiger partial charge in [-0.05, 0) is 6.92 Å². The quantitative estimate of drug-likeness (QED) is 0.628. The predicted molar refractivity (Wildman–Crippen MR) is 75.8 cm³/mol. The first kappa shape index (κ1) is 13.5. The molecule has 17 heavy (non-hydrogen) atoms. The first-order chi connectivity index (χ1) is 8.24. The molecule has 88 valence electrons. The van der Waals surface area contributed by atoms with E-state index in [4.69, 9.17) is 0 Å². The van der Waals surface area contributed by atoms with Crippen LogP contribution in [0.5, 0.6) is 0 Å². The van der Waals surface area contributed by atoms with E-state index in [0.29, 0.717) is 0 Å². The number of benzene rings is 2. The lowest BCUT2D eigenvalue weighted by molar-refractivity contribution is 0.102. The maximum atomic E-state index is 10.9. The molecule has 0 aromatic heterocycles. The zero-order chi connectivity index (χ0) is 12.5. The van der Waals surface area contributed by atoms with Crippen molar-refractivity contribution in [2.24, 2.45) is 0 Å². The fourth-order valence-electron chi connectivity index (χ4n) is 1.25. The first-order valence-electron chi connectivity index (χ1n) is 5.45. The Hall–Kier alpha value is -1.54. The second-order valence-corrected chi connectivity index (χ2v) is 3.92. The van der Waals surface area contributed by atoms with Gasteiger partial charge in [-0.15, -0.1) is 0 Å². The lowest BCUT2D eigenvalue weighted by Gasteiger charge is -1.93. The van der Waals surface area contributed by atoms with E-state index in [0.717, 1.165) is 5.56 Å². The molecule has 2 heteroatoms. The standard InChI is InChI=1S/C8H8OS.C7H8/c9-8(6-10)7-4-2-1-3-5-7;1-7-5-3-2-4-6-7/h1-5,10H,6H2;2-6H,1H3. The first-order valence-corrected chi connectivity index (χ1v) is 6.08. The summed E-state index contributed by atoms with van der Waals surface area (Å²) in [6.45, 7) is 2.08. The van der Waals surface area contributed by atoms with E-state index in [1.807, 2.05) is 36.4 Å². The molecule has 0 aliphatic rings. The number of Topliss-reactive ketones (excluding diaryl/α,β-unsaturated/α-hetero) is 1. The maximum absolute atomic E-state index is 10.9. The van der Waals surface area contributed by atoms with Crippen LogP contribution in [0.25, 0.3) is 0 Å². The number of hydrogen-bond donors (Lipinski definition) is 1. The Bertz CT molecular complexity index is 437. The van der Waals surface area contributed by atoms with Crippen molar-refractivity contribution in [2.75, 3.05) is 5.75 Å². The van der Waals surface area contributed by atoms with E-state index < -0.39 is 0 Å². The van der Waals surface area contributed by atoms with Crippen molar-refractivity contribution in [2.45, 2.75) is 6.92 Å². The Morgan fingerprint density at radius 2 is 1.41 bits per heavy atom. The monoisotopic (exact) mass is 244 g/mol. The van der Waals surface area contributed by atoms with Crippen molar-refractivity contribution in [3.63, 3.8) is 0 Å². The molecule has 0 saturated carbocycles. The summed E-state index contributed by atoms with van der Waals surface area (Å²) in [5, 5.41) is 0.